The molecule has 0 radical (unpaired) electrons. The Bertz CT molecular complexity index is 877. The summed E-state index contributed by atoms with van der Waals surface area (Å²) >= 11 is 7.14. The van der Waals surface area contributed by atoms with E-state index in [-0.39, 0.29) is 17.5 Å². The number of aromatic nitrogens is 2. The molecule has 0 aliphatic carbocycles. The van der Waals surface area contributed by atoms with Crippen LogP contribution in [0.25, 0.3) is 16.8 Å². The van der Waals surface area contributed by atoms with Crippen molar-refractivity contribution >= 4 is 35.0 Å². The minimum atomic E-state index is -0.591. The van der Waals surface area contributed by atoms with Crippen molar-refractivity contribution in [1.29, 1.82) is 0 Å². The Labute approximate surface area is 145 Å². The summed E-state index contributed by atoms with van der Waals surface area (Å²) in [5, 5.41) is 5.70. The van der Waals surface area contributed by atoms with Gasteiger partial charge in [-0.15, -0.1) is 11.3 Å². The minimum absolute atomic E-state index is 0.0162. The van der Waals surface area contributed by atoms with Crippen LogP contribution in [0.5, 0.6) is 0 Å². The Morgan fingerprint density at radius 1 is 1.42 bits per heavy atom. The molecule has 2 aromatic heterocycles. The first-order valence-corrected chi connectivity index (χ1v) is 8.04. The first-order chi connectivity index (χ1) is 11.6. The fraction of sp³-hybridized carbons (Fsp3) is 0.0625. The van der Waals surface area contributed by atoms with Gasteiger partial charge in [0.2, 0.25) is 5.82 Å². The summed E-state index contributed by atoms with van der Waals surface area (Å²) in [7, 11) is 0. The monoisotopic (exact) mass is 364 g/mol. The maximum atomic E-state index is 13.0. The van der Waals surface area contributed by atoms with Gasteiger partial charge in [0, 0.05) is 6.08 Å². The van der Waals surface area contributed by atoms with Crippen LogP contribution in [0.2, 0.25) is 5.02 Å². The topological polar surface area (TPSA) is 65.2 Å². The molecule has 24 heavy (non-hydrogen) atoms. The van der Waals surface area contributed by atoms with Crippen LogP contribution in [0, 0.1) is 5.82 Å². The summed E-state index contributed by atoms with van der Waals surface area (Å²) in [6, 6.07) is 7.87. The third kappa shape index (κ3) is 4.06. The molecule has 0 saturated carbocycles. The highest BCUT2D eigenvalue weighted by atomic mass is 35.5. The molecule has 5 nitrogen and oxygen atoms in total. The van der Waals surface area contributed by atoms with Gasteiger partial charge in [-0.1, -0.05) is 28.9 Å². The number of hydrogen-bond acceptors (Lipinski definition) is 6. The fourth-order valence-electron chi connectivity index (χ4n) is 1.78. The molecule has 0 bridgehead atoms. The van der Waals surface area contributed by atoms with Crippen LogP contribution in [0.15, 0.2) is 46.3 Å². The summed E-state index contributed by atoms with van der Waals surface area (Å²) in [4.78, 5) is 16.7. The minimum Gasteiger partial charge on any atom is -0.452 e. The van der Waals surface area contributed by atoms with E-state index in [1.54, 1.807) is 0 Å². The van der Waals surface area contributed by atoms with Crippen LogP contribution < -0.4 is 0 Å². The number of nitrogens with zero attached hydrogens (tertiary/aromatic N) is 2. The molecule has 2 heterocycles. The SMILES string of the molecule is O=C(/C=C/c1ccc(F)c(Cl)c1)OCc1nc(-c2cccs2)no1. The van der Waals surface area contributed by atoms with Crippen molar-refractivity contribution < 1.29 is 18.4 Å². The number of ether oxygens (including phenoxy) is 1. The summed E-state index contributed by atoms with van der Waals surface area (Å²) in [6.45, 7) is -0.133. The molecular weight excluding hydrogens is 355 g/mol. The van der Waals surface area contributed by atoms with Gasteiger partial charge in [-0.2, -0.15) is 4.98 Å². The predicted octanol–water partition coefficient (Wildman–Crippen LogP) is 4.35. The highest BCUT2D eigenvalue weighted by molar-refractivity contribution is 7.13. The van der Waals surface area contributed by atoms with Gasteiger partial charge >= 0.3 is 5.97 Å². The second kappa shape index (κ2) is 7.37. The van der Waals surface area contributed by atoms with Crippen LogP contribution in [0.3, 0.4) is 0 Å². The van der Waals surface area contributed by atoms with E-state index in [1.165, 1.54) is 41.7 Å². The Kier molecular flexibility index (Phi) is 5.02. The molecule has 8 heteroatoms. The maximum Gasteiger partial charge on any atom is 0.331 e. The summed E-state index contributed by atoms with van der Waals surface area (Å²) in [5.74, 6) is -0.460. The highest BCUT2D eigenvalue weighted by Gasteiger charge is 2.10. The Morgan fingerprint density at radius 2 is 2.29 bits per heavy atom. The van der Waals surface area contributed by atoms with E-state index in [9.17, 15) is 9.18 Å². The van der Waals surface area contributed by atoms with Gasteiger partial charge < -0.3 is 9.26 Å². The number of thiophene rings is 1. The third-order valence-electron chi connectivity index (χ3n) is 2.90. The van der Waals surface area contributed by atoms with E-state index in [0.29, 0.717) is 11.4 Å². The van der Waals surface area contributed by atoms with E-state index in [4.69, 9.17) is 20.9 Å². The van der Waals surface area contributed by atoms with Crippen LogP contribution in [-0.4, -0.2) is 16.1 Å². The second-order valence-electron chi connectivity index (χ2n) is 4.60. The highest BCUT2D eigenvalue weighted by Crippen LogP contribution is 2.21. The largest absolute Gasteiger partial charge is 0.452 e. The number of rotatable bonds is 5. The van der Waals surface area contributed by atoms with Gasteiger partial charge in [0.25, 0.3) is 5.89 Å². The van der Waals surface area contributed by atoms with Crippen molar-refractivity contribution in [3.05, 3.63) is 64.1 Å². The van der Waals surface area contributed by atoms with Crippen molar-refractivity contribution in [2.45, 2.75) is 6.61 Å². The normalized spacial score (nSPS) is 11.1. The Morgan fingerprint density at radius 3 is 3.04 bits per heavy atom. The van der Waals surface area contributed by atoms with Gasteiger partial charge in [0.15, 0.2) is 6.61 Å². The quantitative estimate of drug-likeness (QED) is 0.497. The molecule has 0 aliphatic rings. The Hall–Kier alpha value is -2.51. The lowest BCUT2D eigenvalue weighted by atomic mass is 10.2. The van der Waals surface area contributed by atoms with Crippen LogP contribution >= 0.6 is 22.9 Å². The van der Waals surface area contributed by atoms with E-state index in [0.717, 1.165) is 4.88 Å². The van der Waals surface area contributed by atoms with E-state index in [1.807, 2.05) is 17.5 Å². The van der Waals surface area contributed by atoms with E-state index in [2.05, 4.69) is 10.1 Å². The average Bonchev–Trinajstić information content (AvgIpc) is 3.25. The van der Waals surface area contributed by atoms with Gasteiger partial charge in [-0.05, 0) is 35.2 Å². The fourth-order valence-corrected chi connectivity index (χ4v) is 2.62. The third-order valence-corrected chi connectivity index (χ3v) is 4.06. The Balaban J connectivity index is 1.55. The van der Waals surface area contributed by atoms with Gasteiger partial charge in [0.1, 0.15) is 5.82 Å². The zero-order valence-electron chi connectivity index (χ0n) is 12.1. The first kappa shape index (κ1) is 16.4. The lowest BCUT2D eigenvalue weighted by Crippen LogP contribution is -2.00. The number of benzene rings is 1. The van der Waals surface area contributed by atoms with Gasteiger partial charge in [0.05, 0.1) is 9.90 Å². The molecule has 1 aromatic carbocycles. The predicted molar refractivity (Wildman–Crippen MR) is 87.9 cm³/mol. The molecule has 0 fully saturated rings. The molecule has 3 rings (SSSR count). The molecule has 0 spiro atoms. The molecule has 0 atom stereocenters. The molecule has 0 N–H and O–H groups in total. The average molecular weight is 365 g/mol. The van der Waals surface area contributed by atoms with Crippen molar-refractivity contribution in [3.8, 4) is 10.7 Å². The van der Waals surface area contributed by atoms with Crippen LogP contribution in [-0.2, 0) is 16.1 Å². The smallest absolute Gasteiger partial charge is 0.331 e. The number of carbonyl (C=O) groups is 1. The summed E-state index contributed by atoms with van der Waals surface area (Å²) < 4.78 is 23.1. The zero-order valence-corrected chi connectivity index (χ0v) is 13.7. The molecular formula is C16H10ClFN2O3S. The molecule has 0 unspecified atom stereocenters. The number of hydrogen-bond donors (Lipinski definition) is 0. The van der Waals surface area contributed by atoms with E-state index >= 15 is 0 Å². The maximum absolute atomic E-state index is 13.0. The standard InChI is InChI=1S/C16H10ClFN2O3S/c17-11-8-10(3-5-12(11)18)4-6-15(21)22-9-14-19-16(20-23-14)13-2-1-7-24-13/h1-8H,9H2/b6-4+. The van der Waals surface area contributed by atoms with E-state index < -0.39 is 11.8 Å². The molecule has 0 amide bonds. The molecule has 3 aromatic rings. The molecule has 122 valence electrons. The van der Waals surface area contributed by atoms with Gasteiger partial charge in [-0.25, -0.2) is 9.18 Å². The van der Waals surface area contributed by atoms with Crippen LogP contribution in [0.4, 0.5) is 4.39 Å². The molecule has 0 saturated heterocycles. The first-order valence-electron chi connectivity index (χ1n) is 6.78. The van der Waals surface area contributed by atoms with Crippen molar-refractivity contribution in [1.82, 2.24) is 10.1 Å². The second-order valence-corrected chi connectivity index (χ2v) is 5.96. The molecule has 0 aliphatic heterocycles. The summed E-state index contributed by atoms with van der Waals surface area (Å²) in [6.07, 6.45) is 2.68. The van der Waals surface area contributed by atoms with Crippen molar-refractivity contribution in [2.75, 3.05) is 0 Å². The van der Waals surface area contributed by atoms with Crippen LogP contribution in [0.1, 0.15) is 11.5 Å². The number of esters is 1. The summed E-state index contributed by atoms with van der Waals surface area (Å²) in [5.41, 5.74) is 0.580. The number of carbonyl (C=O) groups excluding carboxylic acids is 1. The van der Waals surface area contributed by atoms with Gasteiger partial charge in [-0.3, -0.25) is 0 Å². The zero-order chi connectivity index (χ0) is 16.9. The van der Waals surface area contributed by atoms with Crippen molar-refractivity contribution in [3.63, 3.8) is 0 Å². The number of halogens is 2. The van der Waals surface area contributed by atoms with Crippen molar-refractivity contribution in [2.24, 2.45) is 0 Å². The lowest BCUT2D eigenvalue weighted by Gasteiger charge is -1.98. The lowest BCUT2D eigenvalue weighted by molar-refractivity contribution is -0.139.